The van der Waals surface area contributed by atoms with Crippen molar-refractivity contribution in [2.24, 2.45) is 0 Å². The average Bonchev–Trinajstić information content (AvgIpc) is 2.97. The van der Waals surface area contributed by atoms with Crippen LogP contribution >= 0.6 is 12.6 Å². The highest BCUT2D eigenvalue weighted by Gasteiger charge is 2.29. The Hall–Kier alpha value is -1.25. The Morgan fingerprint density at radius 2 is 1.57 bits per heavy atom. The summed E-state index contributed by atoms with van der Waals surface area (Å²) in [4.78, 5) is 2.61. The molecule has 21 heavy (non-hydrogen) atoms. The van der Waals surface area contributed by atoms with Crippen molar-refractivity contribution in [3.63, 3.8) is 0 Å². The molecular formula is C19H23NS. The Kier molecular flexibility index (Phi) is 5.00. The van der Waals surface area contributed by atoms with E-state index in [9.17, 15) is 0 Å². The van der Waals surface area contributed by atoms with Crippen LogP contribution in [0.15, 0.2) is 60.7 Å². The summed E-state index contributed by atoms with van der Waals surface area (Å²) in [5.41, 5.74) is 2.80. The normalized spacial score (nSPS) is 20.5. The molecule has 3 rings (SSSR count). The fourth-order valence-electron chi connectivity index (χ4n) is 3.29. The van der Waals surface area contributed by atoms with Crippen LogP contribution in [-0.2, 0) is 13.0 Å². The molecule has 0 radical (unpaired) electrons. The first kappa shape index (κ1) is 14.7. The minimum atomic E-state index is 0.415. The van der Waals surface area contributed by atoms with E-state index < -0.39 is 0 Å². The van der Waals surface area contributed by atoms with Crippen molar-refractivity contribution in [1.82, 2.24) is 4.90 Å². The van der Waals surface area contributed by atoms with Crippen LogP contribution in [0.2, 0.25) is 0 Å². The van der Waals surface area contributed by atoms with Gasteiger partial charge in [0.05, 0.1) is 0 Å². The van der Waals surface area contributed by atoms with Gasteiger partial charge >= 0.3 is 0 Å². The summed E-state index contributed by atoms with van der Waals surface area (Å²) in [6.07, 6.45) is 3.62. The average molecular weight is 297 g/mol. The zero-order chi connectivity index (χ0) is 14.5. The monoisotopic (exact) mass is 297 g/mol. The van der Waals surface area contributed by atoms with Crippen LogP contribution in [0.3, 0.4) is 0 Å². The molecule has 0 N–H and O–H groups in total. The quantitative estimate of drug-likeness (QED) is 0.810. The maximum absolute atomic E-state index is 4.92. The summed E-state index contributed by atoms with van der Waals surface area (Å²) in [7, 11) is 0. The van der Waals surface area contributed by atoms with E-state index in [1.54, 1.807) is 0 Å². The summed E-state index contributed by atoms with van der Waals surface area (Å²) >= 11 is 4.92. The molecule has 110 valence electrons. The summed E-state index contributed by atoms with van der Waals surface area (Å²) in [5.74, 6) is 0. The number of hydrogen-bond acceptors (Lipinski definition) is 2. The lowest BCUT2D eigenvalue weighted by Crippen LogP contribution is -2.37. The third-order valence-corrected chi connectivity index (χ3v) is 4.90. The van der Waals surface area contributed by atoms with Crippen molar-refractivity contribution in [2.75, 3.05) is 6.54 Å². The Morgan fingerprint density at radius 3 is 2.24 bits per heavy atom. The maximum atomic E-state index is 4.92. The lowest BCUT2D eigenvalue weighted by atomic mass is 10.0. The van der Waals surface area contributed by atoms with E-state index in [0.29, 0.717) is 11.3 Å². The summed E-state index contributed by atoms with van der Waals surface area (Å²) in [6.45, 7) is 2.25. The lowest BCUT2D eigenvalue weighted by molar-refractivity contribution is 0.240. The Labute approximate surface area is 133 Å². The van der Waals surface area contributed by atoms with Gasteiger partial charge in [-0.15, -0.1) is 0 Å². The van der Waals surface area contributed by atoms with E-state index in [1.165, 1.54) is 30.5 Å². The Balaban J connectivity index is 1.63. The van der Waals surface area contributed by atoms with Crippen LogP contribution in [0.5, 0.6) is 0 Å². The van der Waals surface area contributed by atoms with Crippen molar-refractivity contribution in [2.45, 2.75) is 37.1 Å². The van der Waals surface area contributed by atoms with E-state index in [2.05, 4.69) is 65.6 Å². The fourth-order valence-corrected chi connectivity index (χ4v) is 3.84. The van der Waals surface area contributed by atoms with E-state index in [1.807, 2.05) is 0 Å². The van der Waals surface area contributed by atoms with Gasteiger partial charge < -0.3 is 0 Å². The highest BCUT2D eigenvalue weighted by Crippen LogP contribution is 2.27. The van der Waals surface area contributed by atoms with Gasteiger partial charge in [-0.3, -0.25) is 4.90 Å². The molecule has 2 heteroatoms. The predicted octanol–water partition coefficient (Wildman–Crippen LogP) is 4.19. The van der Waals surface area contributed by atoms with Crippen molar-refractivity contribution in [3.8, 4) is 0 Å². The summed E-state index contributed by atoms with van der Waals surface area (Å²) < 4.78 is 0. The molecule has 2 aromatic carbocycles. The highest BCUT2D eigenvalue weighted by molar-refractivity contribution is 7.81. The molecule has 2 aromatic rings. The van der Waals surface area contributed by atoms with Crippen molar-refractivity contribution >= 4 is 12.6 Å². The van der Waals surface area contributed by atoms with Gasteiger partial charge in [-0.05, 0) is 36.9 Å². The van der Waals surface area contributed by atoms with Crippen LogP contribution in [0.4, 0.5) is 0 Å². The summed E-state index contributed by atoms with van der Waals surface area (Å²) in [5, 5.41) is 0.415. The first-order chi connectivity index (χ1) is 10.3. The maximum Gasteiger partial charge on any atom is 0.0237 e. The van der Waals surface area contributed by atoms with Gasteiger partial charge in [0.2, 0.25) is 0 Å². The number of nitrogens with zero attached hydrogens (tertiary/aromatic N) is 1. The molecule has 2 atom stereocenters. The number of benzene rings is 2. The zero-order valence-electron chi connectivity index (χ0n) is 12.4. The number of hydrogen-bond donors (Lipinski definition) is 1. The van der Waals surface area contributed by atoms with Gasteiger partial charge in [0.15, 0.2) is 0 Å². The number of likely N-dealkylation sites (tertiary alicyclic amines) is 1. The van der Waals surface area contributed by atoms with E-state index in [0.717, 1.165) is 13.0 Å². The Morgan fingerprint density at radius 1 is 0.952 bits per heavy atom. The zero-order valence-corrected chi connectivity index (χ0v) is 13.3. The fraction of sp³-hybridized carbons (Fsp3) is 0.368. The van der Waals surface area contributed by atoms with Gasteiger partial charge in [-0.2, -0.15) is 12.6 Å². The molecule has 0 aromatic heterocycles. The topological polar surface area (TPSA) is 3.24 Å². The second-order valence-corrected chi connectivity index (χ2v) is 6.59. The van der Waals surface area contributed by atoms with Crippen LogP contribution in [0, 0.1) is 0 Å². The first-order valence-electron chi connectivity index (χ1n) is 7.83. The van der Waals surface area contributed by atoms with E-state index in [4.69, 9.17) is 12.6 Å². The predicted molar refractivity (Wildman–Crippen MR) is 92.8 cm³/mol. The smallest absolute Gasteiger partial charge is 0.0237 e. The van der Waals surface area contributed by atoms with Crippen LogP contribution in [0.1, 0.15) is 24.0 Å². The molecule has 1 saturated heterocycles. The number of rotatable bonds is 5. The molecule has 0 saturated carbocycles. The first-order valence-corrected chi connectivity index (χ1v) is 8.34. The third kappa shape index (κ3) is 3.90. The minimum absolute atomic E-state index is 0.415. The molecule has 0 aliphatic carbocycles. The molecule has 1 fully saturated rings. The van der Waals surface area contributed by atoms with Crippen molar-refractivity contribution in [3.05, 3.63) is 71.8 Å². The molecule has 1 aliphatic heterocycles. The lowest BCUT2D eigenvalue weighted by Gasteiger charge is -2.29. The summed E-state index contributed by atoms with van der Waals surface area (Å²) in [6, 6.07) is 22.1. The van der Waals surface area contributed by atoms with Crippen LogP contribution in [0.25, 0.3) is 0 Å². The van der Waals surface area contributed by atoms with Crippen molar-refractivity contribution in [1.29, 1.82) is 0 Å². The van der Waals surface area contributed by atoms with Gasteiger partial charge in [0, 0.05) is 17.8 Å². The number of thiol groups is 1. The highest BCUT2D eigenvalue weighted by atomic mass is 32.1. The SMILES string of the molecule is S[C@@H](Cc1ccccc1)[C@@H]1CCCN1Cc1ccccc1. The van der Waals surface area contributed by atoms with Gasteiger partial charge in [-0.1, -0.05) is 60.7 Å². The Bertz CT molecular complexity index is 540. The van der Waals surface area contributed by atoms with E-state index in [-0.39, 0.29) is 0 Å². The van der Waals surface area contributed by atoms with Gasteiger partial charge in [-0.25, -0.2) is 0 Å². The second-order valence-electron chi connectivity index (χ2n) is 5.92. The second kappa shape index (κ2) is 7.15. The van der Waals surface area contributed by atoms with Crippen LogP contribution < -0.4 is 0 Å². The van der Waals surface area contributed by atoms with Gasteiger partial charge in [0.1, 0.15) is 0 Å². The molecule has 0 amide bonds. The van der Waals surface area contributed by atoms with E-state index >= 15 is 0 Å². The molecule has 0 bridgehead atoms. The van der Waals surface area contributed by atoms with Gasteiger partial charge in [0.25, 0.3) is 0 Å². The molecule has 1 aliphatic rings. The molecular weight excluding hydrogens is 274 g/mol. The molecule has 0 unspecified atom stereocenters. The molecule has 1 nitrogen and oxygen atoms in total. The van der Waals surface area contributed by atoms with Crippen LogP contribution in [-0.4, -0.2) is 22.7 Å². The third-order valence-electron chi connectivity index (χ3n) is 4.37. The molecule has 0 spiro atoms. The standard InChI is InChI=1S/C19H23NS/c21-19(14-16-8-3-1-4-9-16)18-12-7-13-20(18)15-17-10-5-2-6-11-17/h1-6,8-11,18-19,21H,7,12-15H2/t18-,19-/m0/s1. The largest absolute Gasteiger partial charge is 0.295 e. The molecule has 1 heterocycles. The van der Waals surface area contributed by atoms with Crippen molar-refractivity contribution < 1.29 is 0 Å². The minimum Gasteiger partial charge on any atom is -0.295 e.